The number of aliphatic hydroxyl groups excluding tert-OH is 1. The number of amides is 1. The van der Waals surface area contributed by atoms with Gasteiger partial charge in [-0.05, 0) is 25.0 Å². The van der Waals surface area contributed by atoms with Gasteiger partial charge in [-0.25, -0.2) is 0 Å². The molecule has 5 heteroatoms. The lowest BCUT2D eigenvalue weighted by Crippen LogP contribution is -2.46. The van der Waals surface area contributed by atoms with Gasteiger partial charge in [0.25, 0.3) is 5.91 Å². The number of carbonyl (C=O) groups excluding carboxylic acids is 1. The second-order valence-corrected chi connectivity index (χ2v) is 4.22. The molecule has 4 N–H and O–H groups in total. The number of nitrogens with one attached hydrogen (secondary N) is 1. The molecule has 0 spiro atoms. The third-order valence-electron chi connectivity index (χ3n) is 2.95. The maximum absolute atomic E-state index is 12.0. The van der Waals surface area contributed by atoms with Crippen molar-refractivity contribution >= 4 is 11.6 Å². The monoisotopic (exact) mass is 236 g/mol. The van der Waals surface area contributed by atoms with Gasteiger partial charge in [0.15, 0.2) is 0 Å². The van der Waals surface area contributed by atoms with Crippen LogP contribution in [0.25, 0.3) is 0 Å². The predicted octanol–water partition coefficient (Wildman–Crippen LogP) is 0.530. The number of benzene rings is 1. The second-order valence-electron chi connectivity index (χ2n) is 4.22. The molecule has 0 atom stereocenters. The normalized spacial score (nSPS) is 22.7. The first-order valence-electron chi connectivity index (χ1n) is 5.53. The highest BCUT2D eigenvalue weighted by Crippen LogP contribution is 2.26. The van der Waals surface area contributed by atoms with E-state index in [1.807, 2.05) is 0 Å². The van der Waals surface area contributed by atoms with Gasteiger partial charge in [-0.1, -0.05) is 6.07 Å². The fraction of sp³-hybridized carbons (Fsp3) is 0.417. The molecule has 1 aromatic rings. The minimum Gasteiger partial charge on any atom is -0.496 e. The van der Waals surface area contributed by atoms with Crippen molar-refractivity contribution in [3.63, 3.8) is 0 Å². The summed E-state index contributed by atoms with van der Waals surface area (Å²) in [6.45, 7) is 0. The van der Waals surface area contributed by atoms with E-state index in [4.69, 9.17) is 15.6 Å². The molecule has 0 heterocycles. The molecule has 1 saturated carbocycles. The number of methoxy groups -OCH3 is 1. The maximum Gasteiger partial charge on any atom is 0.257 e. The third kappa shape index (κ3) is 2.34. The first kappa shape index (κ1) is 11.7. The molecule has 1 aromatic carbocycles. The lowest BCUT2D eigenvalue weighted by Gasteiger charge is -2.32. The Morgan fingerprint density at radius 1 is 1.53 bits per heavy atom. The number of nitrogens with two attached hydrogens (primary N) is 1. The summed E-state index contributed by atoms with van der Waals surface area (Å²) in [6.07, 6.45) is 0.900. The van der Waals surface area contributed by atoms with Crippen LogP contribution in [0.2, 0.25) is 0 Å². The number of carbonyl (C=O) groups is 1. The predicted molar refractivity (Wildman–Crippen MR) is 63.9 cm³/mol. The van der Waals surface area contributed by atoms with Gasteiger partial charge in [-0.3, -0.25) is 4.79 Å². The molecular weight excluding hydrogens is 220 g/mol. The second kappa shape index (κ2) is 4.63. The molecule has 0 aromatic heterocycles. The highest BCUT2D eigenvalue weighted by Gasteiger charge is 2.29. The molecule has 0 radical (unpaired) electrons. The van der Waals surface area contributed by atoms with Crippen molar-refractivity contribution in [2.75, 3.05) is 12.8 Å². The Morgan fingerprint density at radius 2 is 2.24 bits per heavy atom. The molecule has 0 bridgehead atoms. The van der Waals surface area contributed by atoms with Crippen molar-refractivity contribution < 1.29 is 14.6 Å². The summed E-state index contributed by atoms with van der Waals surface area (Å²) in [7, 11) is 1.50. The van der Waals surface area contributed by atoms with Crippen molar-refractivity contribution in [3.8, 4) is 5.75 Å². The number of ether oxygens (including phenoxy) is 1. The first-order valence-corrected chi connectivity index (χ1v) is 5.53. The van der Waals surface area contributed by atoms with Crippen LogP contribution in [0, 0.1) is 0 Å². The third-order valence-corrected chi connectivity index (χ3v) is 2.95. The molecule has 2 rings (SSSR count). The maximum atomic E-state index is 12.0. The van der Waals surface area contributed by atoms with Crippen LogP contribution >= 0.6 is 0 Å². The van der Waals surface area contributed by atoms with E-state index in [0.717, 1.165) is 0 Å². The van der Waals surface area contributed by atoms with Gasteiger partial charge in [0.1, 0.15) is 11.3 Å². The van der Waals surface area contributed by atoms with Crippen molar-refractivity contribution in [2.24, 2.45) is 0 Å². The Labute approximate surface area is 99.6 Å². The van der Waals surface area contributed by atoms with Crippen LogP contribution in [0.1, 0.15) is 23.2 Å². The van der Waals surface area contributed by atoms with E-state index in [-0.39, 0.29) is 18.1 Å². The fourth-order valence-corrected chi connectivity index (χ4v) is 1.92. The number of nitrogen functional groups attached to an aromatic ring is 1. The van der Waals surface area contributed by atoms with Crippen LogP contribution in [0.15, 0.2) is 18.2 Å². The Bertz CT molecular complexity index is 428. The molecule has 1 amide bonds. The van der Waals surface area contributed by atoms with Crippen molar-refractivity contribution in [3.05, 3.63) is 23.8 Å². The largest absolute Gasteiger partial charge is 0.496 e. The molecule has 17 heavy (non-hydrogen) atoms. The van der Waals surface area contributed by atoms with Gasteiger partial charge < -0.3 is 20.9 Å². The molecule has 0 saturated heterocycles. The summed E-state index contributed by atoms with van der Waals surface area (Å²) in [4.78, 5) is 12.0. The zero-order valence-electron chi connectivity index (χ0n) is 9.64. The number of rotatable bonds is 3. The lowest BCUT2D eigenvalue weighted by molar-refractivity contribution is 0.0562. The van der Waals surface area contributed by atoms with E-state index in [2.05, 4.69) is 5.32 Å². The van der Waals surface area contributed by atoms with Crippen LogP contribution in [0.5, 0.6) is 5.75 Å². The van der Waals surface area contributed by atoms with E-state index in [9.17, 15) is 4.79 Å². The Balaban J connectivity index is 2.13. The Morgan fingerprint density at radius 3 is 2.82 bits per heavy atom. The Hall–Kier alpha value is -1.75. The summed E-state index contributed by atoms with van der Waals surface area (Å²) in [5.41, 5.74) is 6.52. The van der Waals surface area contributed by atoms with Gasteiger partial charge in [-0.2, -0.15) is 0 Å². The van der Waals surface area contributed by atoms with Crippen LogP contribution in [-0.2, 0) is 0 Å². The molecule has 0 unspecified atom stereocenters. The van der Waals surface area contributed by atoms with Gasteiger partial charge >= 0.3 is 0 Å². The molecule has 1 fully saturated rings. The zero-order chi connectivity index (χ0) is 12.4. The molecule has 5 nitrogen and oxygen atoms in total. The van der Waals surface area contributed by atoms with E-state index in [1.54, 1.807) is 18.2 Å². The highest BCUT2D eigenvalue weighted by atomic mass is 16.5. The number of anilines is 1. The summed E-state index contributed by atoms with van der Waals surface area (Å²) in [5.74, 6) is 0.208. The molecule has 92 valence electrons. The average Bonchev–Trinajstić information content (AvgIpc) is 2.26. The number of hydrogen-bond donors (Lipinski definition) is 3. The summed E-state index contributed by atoms with van der Waals surface area (Å²) < 4.78 is 5.11. The van der Waals surface area contributed by atoms with Crippen LogP contribution in [0.4, 0.5) is 5.69 Å². The van der Waals surface area contributed by atoms with E-state index in [1.165, 1.54) is 7.11 Å². The highest BCUT2D eigenvalue weighted by molar-refractivity contribution is 6.02. The van der Waals surface area contributed by atoms with Crippen LogP contribution < -0.4 is 15.8 Å². The van der Waals surface area contributed by atoms with E-state index in [0.29, 0.717) is 29.8 Å². The first-order chi connectivity index (χ1) is 8.11. The summed E-state index contributed by atoms with van der Waals surface area (Å²) in [5, 5.41) is 12.0. The SMILES string of the molecule is COc1cccc(N)c1C(=O)NC1CC(O)C1. The minimum absolute atomic E-state index is 0.0295. The van der Waals surface area contributed by atoms with Gasteiger partial charge in [0, 0.05) is 11.7 Å². The summed E-state index contributed by atoms with van der Waals surface area (Å²) >= 11 is 0. The standard InChI is InChI=1S/C12H16N2O3/c1-17-10-4-2-3-9(13)11(10)12(16)14-7-5-8(15)6-7/h2-4,7-8,15H,5-6,13H2,1H3,(H,14,16). The lowest BCUT2D eigenvalue weighted by atomic mass is 9.89. The van der Waals surface area contributed by atoms with Crippen molar-refractivity contribution in [2.45, 2.75) is 25.0 Å². The van der Waals surface area contributed by atoms with E-state index >= 15 is 0 Å². The fourth-order valence-electron chi connectivity index (χ4n) is 1.92. The quantitative estimate of drug-likeness (QED) is 0.668. The smallest absolute Gasteiger partial charge is 0.257 e. The topological polar surface area (TPSA) is 84.6 Å². The van der Waals surface area contributed by atoms with Gasteiger partial charge in [-0.15, -0.1) is 0 Å². The minimum atomic E-state index is -0.296. The van der Waals surface area contributed by atoms with Crippen molar-refractivity contribution in [1.29, 1.82) is 0 Å². The van der Waals surface area contributed by atoms with Crippen LogP contribution in [0.3, 0.4) is 0 Å². The van der Waals surface area contributed by atoms with Gasteiger partial charge in [0.05, 0.1) is 13.2 Å². The average molecular weight is 236 g/mol. The van der Waals surface area contributed by atoms with Crippen molar-refractivity contribution in [1.82, 2.24) is 5.32 Å². The molecular formula is C12H16N2O3. The van der Waals surface area contributed by atoms with Crippen LogP contribution in [-0.4, -0.2) is 30.3 Å². The number of hydrogen-bond acceptors (Lipinski definition) is 4. The number of aliphatic hydroxyl groups is 1. The van der Waals surface area contributed by atoms with E-state index < -0.39 is 0 Å². The zero-order valence-corrected chi connectivity index (χ0v) is 9.64. The molecule has 1 aliphatic rings. The summed E-state index contributed by atoms with van der Waals surface area (Å²) in [6, 6.07) is 5.12. The van der Waals surface area contributed by atoms with Gasteiger partial charge in [0.2, 0.25) is 0 Å². The molecule has 0 aliphatic heterocycles. The Kier molecular flexibility index (Phi) is 3.19. The molecule has 1 aliphatic carbocycles.